The Morgan fingerprint density at radius 2 is 2.27 bits per heavy atom. The first-order chi connectivity index (χ1) is 7.16. The van der Waals surface area contributed by atoms with Crippen molar-refractivity contribution in [3.8, 4) is 0 Å². The van der Waals surface area contributed by atoms with Crippen LogP contribution < -0.4 is 0 Å². The molecule has 15 heavy (non-hydrogen) atoms. The first kappa shape index (κ1) is 12.1. The number of hydrogen-bond donors (Lipinski definition) is 0. The molecule has 1 rings (SSSR count). The van der Waals surface area contributed by atoms with Gasteiger partial charge in [-0.15, -0.1) is 5.10 Å². The molecule has 1 aromatic rings. The second-order valence-electron chi connectivity index (χ2n) is 3.63. The summed E-state index contributed by atoms with van der Waals surface area (Å²) in [7, 11) is 0. The molecule has 5 heteroatoms. The lowest BCUT2D eigenvalue weighted by Gasteiger charge is -2.04. The second kappa shape index (κ2) is 5.80. The highest BCUT2D eigenvalue weighted by Crippen LogP contribution is 2.20. The van der Waals surface area contributed by atoms with Crippen LogP contribution >= 0.6 is 11.5 Å². The Balaban J connectivity index is 2.61. The second-order valence-corrected chi connectivity index (χ2v) is 4.39. The molecule has 1 aromatic heterocycles. The van der Waals surface area contributed by atoms with Crippen molar-refractivity contribution >= 4 is 17.5 Å². The van der Waals surface area contributed by atoms with E-state index in [1.165, 1.54) is 0 Å². The average molecular weight is 228 g/mol. The van der Waals surface area contributed by atoms with E-state index >= 15 is 0 Å². The van der Waals surface area contributed by atoms with Gasteiger partial charge in [-0.25, -0.2) is 4.79 Å². The summed E-state index contributed by atoms with van der Waals surface area (Å²) in [5, 5.41) is 3.93. The largest absolute Gasteiger partial charge is 0.461 e. The number of aromatic nitrogens is 2. The first-order valence-corrected chi connectivity index (χ1v) is 5.93. The molecule has 0 N–H and O–H groups in total. The Labute approximate surface area is 93.8 Å². The molecular formula is C10H16N2O2S. The lowest BCUT2D eigenvalue weighted by molar-refractivity contribution is 0.0503. The third-order valence-corrected chi connectivity index (χ3v) is 2.70. The van der Waals surface area contributed by atoms with E-state index < -0.39 is 0 Å². The standard InChI is InChI=1S/C10H16N2O2S/c1-4-5-6-14-10(13)9-8(7(2)3)11-12-15-9/h7H,4-6H2,1-3H3. The van der Waals surface area contributed by atoms with Gasteiger partial charge >= 0.3 is 5.97 Å². The van der Waals surface area contributed by atoms with E-state index in [0.29, 0.717) is 11.5 Å². The molecule has 0 aliphatic heterocycles. The fraction of sp³-hybridized carbons (Fsp3) is 0.700. The molecule has 0 unspecified atom stereocenters. The van der Waals surface area contributed by atoms with Crippen molar-refractivity contribution in [2.75, 3.05) is 6.61 Å². The van der Waals surface area contributed by atoms with Crippen LogP contribution in [0.15, 0.2) is 0 Å². The van der Waals surface area contributed by atoms with Gasteiger partial charge in [-0.3, -0.25) is 0 Å². The van der Waals surface area contributed by atoms with Crippen molar-refractivity contribution in [2.24, 2.45) is 0 Å². The molecule has 4 nitrogen and oxygen atoms in total. The molecule has 0 spiro atoms. The van der Waals surface area contributed by atoms with E-state index in [1.54, 1.807) is 0 Å². The molecule has 0 aliphatic rings. The van der Waals surface area contributed by atoms with Gasteiger partial charge in [0.25, 0.3) is 0 Å². The predicted octanol–water partition coefficient (Wildman–Crippen LogP) is 2.62. The zero-order chi connectivity index (χ0) is 11.3. The average Bonchev–Trinajstić information content (AvgIpc) is 2.66. The van der Waals surface area contributed by atoms with E-state index in [9.17, 15) is 4.79 Å². The van der Waals surface area contributed by atoms with Crippen molar-refractivity contribution in [2.45, 2.75) is 39.5 Å². The van der Waals surface area contributed by atoms with Crippen LogP contribution in [0.1, 0.15) is 54.9 Å². The third kappa shape index (κ3) is 3.27. The normalized spacial score (nSPS) is 10.7. The number of carbonyl (C=O) groups is 1. The van der Waals surface area contributed by atoms with Crippen LogP contribution in [0, 0.1) is 0 Å². The Hall–Kier alpha value is -0.970. The smallest absolute Gasteiger partial charge is 0.351 e. The highest BCUT2D eigenvalue weighted by atomic mass is 32.1. The maximum Gasteiger partial charge on any atom is 0.351 e. The third-order valence-electron chi connectivity index (χ3n) is 1.98. The summed E-state index contributed by atoms with van der Waals surface area (Å²) in [4.78, 5) is 12.2. The Morgan fingerprint density at radius 1 is 1.53 bits per heavy atom. The molecule has 0 fully saturated rings. The van der Waals surface area contributed by atoms with E-state index in [4.69, 9.17) is 4.74 Å². The minimum absolute atomic E-state index is 0.206. The summed E-state index contributed by atoms with van der Waals surface area (Å²) in [6.07, 6.45) is 1.92. The summed E-state index contributed by atoms with van der Waals surface area (Å²) in [6.45, 7) is 6.51. The molecule has 0 atom stereocenters. The molecule has 0 saturated carbocycles. The minimum Gasteiger partial charge on any atom is -0.461 e. The van der Waals surface area contributed by atoms with Crippen molar-refractivity contribution in [3.05, 3.63) is 10.6 Å². The number of hydrogen-bond acceptors (Lipinski definition) is 5. The lowest BCUT2D eigenvalue weighted by atomic mass is 10.1. The van der Waals surface area contributed by atoms with Gasteiger partial charge in [0, 0.05) is 0 Å². The van der Waals surface area contributed by atoms with Gasteiger partial charge in [0.05, 0.1) is 12.3 Å². The fourth-order valence-electron chi connectivity index (χ4n) is 1.09. The van der Waals surface area contributed by atoms with E-state index in [2.05, 4.69) is 16.5 Å². The highest BCUT2D eigenvalue weighted by Gasteiger charge is 2.19. The minimum atomic E-state index is -0.290. The number of unbranched alkanes of at least 4 members (excludes halogenated alkanes) is 1. The number of nitrogens with zero attached hydrogens (tertiary/aromatic N) is 2. The Kier molecular flexibility index (Phi) is 4.68. The van der Waals surface area contributed by atoms with Gasteiger partial charge in [-0.2, -0.15) is 0 Å². The quantitative estimate of drug-likeness (QED) is 0.574. The summed E-state index contributed by atoms with van der Waals surface area (Å²) >= 11 is 1.11. The molecule has 0 aliphatic carbocycles. The molecule has 0 amide bonds. The molecule has 0 aromatic carbocycles. The Bertz CT molecular complexity index is 323. The maximum absolute atomic E-state index is 11.6. The van der Waals surface area contributed by atoms with E-state index in [-0.39, 0.29) is 11.9 Å². The molecule has 0 saturated heterocycles. The molecule has 84 valence electrons. The lowest BCUT2D eigenvalue weighted by Crippen LogP contribution is -2.08. The van der Waals surface area contributed by atoms with Crippen molar-refractivity contribution in [3.63, 3.8) is 0 Å². The SMILES string of the molecule is CCCCOC(=O)c1snnc1C(C)C. The number of rotatable bonds is 5. The fourth-order valence-corrected chi connectivity index (χ4v) is 1.81. The van der Waals surface area contributed by atoms with Crippen LogP contribution in [0.3, 0.4) is 0 Å². The van der Waals surface area contributed by atoms with Gasteiger partial charge < -0.3 is 4.74 Å². The zero-order valence-corrected chi connectivity index (χ0v) is 10.1. The van der Waals surface area contributed by atoms with Gasteiger partial charge in [-0.1, -0.05) is 31.7 Å². The molecule has 0 radical (unpaired) electrons. The van der Waals surface area contributed by atoms with Crippen LogP contribution in [0.25, 0.3) is 0 Å². The van der Waals surface area contributed by atoms with Crippen LogP contribution in [0.5, 0.6) is 0 Å². The Morgan fingerprint density at radius 3 is 2.87 bits per heavy atom. The maximum atomic E-state index is 11.6. The predicted molar refractivity (Wildman–Crippen MR) is 59.2 cm³/mol. The van der Waals surface area contributed by atoms with Gasteiger partial charge in [0.1, 0.15) is 0 Å². The monoisotopic (exact) mass is 228 g/mol. The summed E-state index contributed by atoms with van der Waals surface area (Å²) in [5.41, 5.74) is 0.737. The molecule has 1 heterocycles. The van der Waals surface area contributed by atoms with Crippen LogP contribution in [-0.2, 0) is 4.74 Å². The molecule has 0 bridgehead atoms. The number of carbonyl (C=O) groups excluding carboxylic acids is 1. The van der Waals surface area contributed by atoms with Crippen molar-refractivity contribution < 1.29 is 9.53 Å². The highest BCUT2D eigenvalue weighted by molar-refractivity contribution is 7.07. The van der Waals surface area contributed by atoms with Crippen LogP contribution in [-0.4, -0.2) is 22.2 Å². The molecular weight excluding hydrogens is 212 g/mol. The topological polar surface area (TPSA) is 52.1 Å². The van der Waals surface area contributed by atoms with E-state index in [0.717, 1.165) is 30.1 Å². The number of ether oxygens (including phenoxy) is 1. The van der Waals surface area contributed by atoms with Crippen molar-refractivity contribution in [1.29, 1.82) is 0 Å². The zero-order valence-electron chi connectivity index (χ0n) is 9.32. The van der Waals surface area contributed by atoms with E-state index in [1.807, 2.05) is 13.8 Å². The number of esters is 1. The van der Waals surface area contributed by atoms with Crippen molar-refractivity contribution in [1.82, 2.24) is 9.59 Å². The van der Waals surface area contributed by atoms with Gasteiger partial charge in [0.15, 0.2) is 4.88 Å². The summed E-state index contributed by atoms with van der Waals surface area (Å²) < 4.78 is 8.89. The summed E-state index contributed by atoms with van der Waals surface area (Å²) in [6, 6.07) is 0. The first-order valence-electron chi connectivity index (χ1n) is 5.16. The van der Waals surface area contributed by atoms with Gasteiger partial charge in [-0.05, 0) is 23.9 Å². The summed E-state index contributed by atoms with van der Waals surface area (Å²) in [5.74, 6) is -0.0837. The van der Waals surface area contributed by atoms with Crippen LogP contribution in [0.2, 0.25) is 0 Å². The van der Waals surface area contributed by atoms with Crippen LogP contribution in [0.4, 0.5) is 0 Å². The van der Waals surface area contributed by atoms with Gasteiger partial charge in [0.2, 0.25) is 0 Å².